The van der Waals surface area contributed by atoms with Crippen LogP contribution in [0.1, 0.15) is 0 Å². The smallest absolute Gasteiger partial charge is 0.430 e. The molecule has 0 saturated carbocycles. The number of hydrogen-bond donors (Lipinski definition) is 0. The zero-order valence-electron chi connectivity index (χ0n) is 33.5. The van der Waals surface area contributed by atoms with Gasteiger partial charge in [-0.3, -0.25) is 0 Å². The minimum Gasteiger partial charge on any atom is -0.430 e. The molecule has 0 aromatic rings. The number of hydrogen-bond acceptors (Lipinski definition) is 6. The van der Waals surface area contributed by atoms with Gasteiger partial charge < -0.3 is 26.1 Å². The van der Waals surface area contributed by atoms with Crippen molar-refractivity contribution in [1.29, 1.82) is 0 Å². The lowest BCUT2D eigenvalue weighted by Gasteiger charge is -2.40. The number of rotatable bonds is 30. The van der Waals surface area contributed by atoms with E-state index in [1.807, 2.05) is 54.7 Å². The van der Waals surface area contributed by atoms with Gasteiger partial charge in [0.05, 0.1) is 0 Å². The Morgan fingerprint density at radius 2 is 0.440 bits per heavy atom. The third-order valence-corrected chi connectivity index (χ3v) is 21.1. The van der Waals surface area contributed by atoms with Crippen LogP contribution in [0.5, 0.6) is 0 Å². The minimum atomic E-state index is -2.41. The zero-order valence-corrected chi connectivity index (χ0v) is 39.5. The van der Waals surface area contributed by atoms with Crippen LogP contribution in [0.4, 0.5) is 0 Å². The normalized spacial score (nSPS) is 12.4. The van der Waals surface area contributed by atoms with Crippen molar-refractivity contribution in [3.63, 3.8) is 0 Å². The highest BCUT2D eigenvalue weighted by atomic mass is 28.4. The molecule has 0 amide bonds. The van der Waals surface area contributed by atoms with Crippen molar-refractivity contribution in [3.8, 4) is 0 Å². The van der Waals surface area contributed by atoms with E-state index in [9.17, 15) is 0 Å². The van der Waals surface area contributed by atoms with E-state index in [4.69, 9.17) is 26.1 Å². The second kappa shape index (κ2) is 25.0. The molecule has 0 aliphatic rings. The summed E-state index contributed by atoms with van der Waals surface area (Å²) in [4.78, 5) is 0. The molecular weight excluding hydrogens is 719 g/mol. The first kappa shape index (κ1) is 51.0. The molecule has 0 radical (unpaired) electrons. The van der Waals surface area contributed by atoms with Crippen LogP contribution in [0.3, 0.4) is 0 Å². The molecular formula is C36H72B2O6Si6. The predicted octanol–water partition coefficient (Wildman–Crippen LogP) is 12.1. The van der Waals surface area contributed by atoms with E-state index in [-0.39, 0.29) is 0 Å². The Morgan fingerprint density at radius 3 is 0.560 bits per heavy atom. The van der Waals surface area contributed by atoms with Crippen LogP contribution in [-0.4, -0.2) is 64.5 Å². The molecule has 14 heteroatoms. The Balaban J connectivity index is 0. The Bertz CT molecular complexity index is 872. The molecule has 0 saturated heterocycles. The monoisotopic (exact) mass is 790 g/mol. The van der Waals surface area contributed by atoms with Gasteiger partial charge >= 0.3 is 14.6 Å². The van der Waals surface area contributed by atoms with Gasteiger partial charge in [-0.1, -0.05) is 54.7 Å². The fraction of sp³-hybridized carbons (Fsp3) is 0.500. The summed E-state index contributed by atoms with van der Waals surface area (Å²) in [7, 11) is -13.4. The molecule has 0 N–H and O–H groups in total. The fourth-order valence-electron chi connectivity index (χ4n) is 5.17. The minimum absolute atomic E-state index is 0.454. The highest BCUT2D eigenvalue weighted by Gasteiger charge is 2.47. The van der Waals surface area contributed by atoms with E-state index in [0.29, 0.717) is 0 Å². The average molecular weight is 791 g/mol. The molecule has 0 atom stereocenters. The van der Waals surface area contributed by atoms with Crippen LogP contribution in [0.2, 0.25) is 113 Å². The van der Waals surface area contributed by atoms with E-state index in [0.717, 1.165) is 54.4 Å². The SMILES string of the molecule is C=CC[Si](CC=C)(CC=C)OB(O[Si](CC=C)(CC=C)CC=C)O[Si](CC=C)(CC=C)CC=C.C[Si](C)(C)OB(O[Si](C)(C)C)O[Si](C)(C)C. The molecule has 0 unspecified atom stereocenters. The predicted molar refractivity (Wildman–Crippen MR) is 240 cm³/mol. The molecule has 0 bridgehead atoms. The Hall–Kier alpha value is -1.15. The van der Waals surface area contributed by atoms with Gasteiger partial charge in [0, 0.05) is 0 Å². The third-order valence-electron chi connectivity index (χ3n) is 7.04. The highest BCUT2D eigenvalue weighted by Crippen LogP contribution is 2.33. The highest BCUT2D eigenvalue weighted by molar-refractivity contribution is 6.87. The van der Waals surface area contributed by atoms with Crippen LogP contribution in [0.25, 0.3) is 0 Å². The summed E-state index contributed by atoms with van der Waals surface area (Å²) >= 11 is 0. The first-order valence-corrected chi connectivity index (χ1v) is 35.5. The second-order valence-corrected chi connectivity index (χ2v) is 40.5. The Kier molecular flexibility index (Phi) is 25.5. The van der Waals surface area contributed by atoms with Crippen molar-refractivity contribution in [1.82, 2.24) is 0 Å². The van der Waals surface area contributed by atoms with Crippen LogP contribution < -0.4 is 0 Å². The van der Waals surface area contributed by atoms with Crippen molar-refractivity contribution in [2.45, 2.75) is 113 Å². The van der Waals surface area contributed by atoms with Crippen molar-refractivity contribution in [3.05, 3.63) is 114 Å². The maximum absolute atomic E-state index is 6.89. The first-order valence-electron chi connectivity index (χ1n) is 17.7. The summed E-state index contributed by atoms with van der Waals surface area (Å²) in [5, 5.41) is 0. The van der Waals surface area contributed by atoms with Gasteiger partial charge in [0.2, 0.25) is 0 Å². The summed E-state index contributed by atoms with van der Waals surface area (Å²) in [5.74, 6) is 0. The average Bonchev–Trinajstić information content (AvgIpc) is 2.92. The van der Waals surface area contributed by atoms with Gasteiger partial charge in [-0.05, 0) is 113 Å². The third kappa shape index (κ3) is 23.4. The lowest BCUT2D eigenvalue weighted by atomic mass is 10.3. The molecule has 50 heavy (non-hydrogen) atoms. The summed E-state index contributed by atoms with van der Waals surface area (Å²) in [6.07, 6.45) is 17.3. The number of allylic oxidation sites excluding steroid dienone is 9. The summed E-state index contributed by atoms with van der Waals surface area (Å²) < 4.78 is 38.5. The van der Waals surface area contributed by atoms with Gasteiger partial charge in [-0.2, -0.15) is 0 Å². The van der Waals surface area contributed by atoms with Crippen LogP contribution >= 0.6 is 0 Å². The van der Waals surface area contributed by atoms with E-state index in [2.05, 4.69) is 118 Å². The molecule has 6 nitrogen and oxygen atoms in total. The standard InChI is InChI=1S/C27H45BO3Si3.C9H27BO3Si3/c1-10-19-32(20-11-2,21-12-3)29-28(30-33(22-13-4,23-14-5)24-15-6)31-34(25-16-7,26-17-8)27-18-9;1-14(2,3)11-10(12-15(4,5)6)13-16(7,8)9/h10-18H,1-9,19-27H2;1-9H3. The van der Waals surface area contributed by atoms with E-state index >= 15 is 0 Å². The quantitative estimate of drug-likeness (QED) is 0.0534. The van der Waals surface area contributed by atoms with Crippen molar-refractivity contribution in [2.24, 2.45) is 0 Å². The second-order valence-electron chi connectivity index (χ2n) is 15.6. The Morgan fingerprint density at radius 1 is 0.300 bits per heavy atom. The molecule has 0 spiro atoms. The molecule has 282 valence electrons. The molecule has 0 aliphatic carbocycles. The van der Waals surface area contributed by atoms with Gasteiger partial charge in [0.15, 0.2) is 49.9 Å². The maximum atomic E-state index is 6.89. The van der Waals surface area contributed by atoms with Gasteiger partial charge in [0.25, 0.3) is 0 Å². The molecule has 0 aliphatic heterocycles. The van der Waals surface area contributed by atoms with Crippen LogP contribution in [-0.2, 0) is 26.1 Å². The van der Waals surface area contributed by atoms with Crippen molar-refractivity contribution >= 4 is 64.5 Å². The van der Waals surface area contributed by atoms with Gasteiger partial charge in [-0.15, -0.1) is 59.2 Å². The summed E-state index contributed by atoms with van der Waals surface area (Å²) in [6.45, 7) is 55.3. The van der Waals surface area contributed by atoms with E-state index < -0.39 is 64.5 Å². The largest absolute Gasteiger partial charge is 0.606 e. The topological polar surface area (TPSA) is 55.4 Å². The summed E-state index contributed by atoms with van der Waals surface area (Å²) in [5.41, 5.74) is 0. The van der Waals surface area contributed by atoms with Gasteiger partial charge in [-0.25, -0.2) is 0 Å². The lowest BCUT2D eigenvalue weighted by molar-refractivity contribution is 0.290. The summed E-state index contributed by atoms with van der Waals surface area (Å²) in [6, 6.07) is 6.68. The van der Waals surface area contributed by atoms with Crippen LogP contribution in [0.15, 0.2) is 114 Å². The first-order chi connectivity index (χ1) is 23.1. The molecule has 0 aromatic carbocycles. The molecule has 0 aromatic heterocycles. The van der Waals surface area contributed by atoms with Crippen molar-refractivity contribution in [2.75, 3.05) is 0 Å². The van der Waals surface area contributed by atoms with E-state index in [1.165, 1.54) is 0 Å². The molecule has 0 heterocycles. The lowest BCUT2D eigenvalue weighted by Crippen LogP contribution is -2.55. The fourth-order valence-corrected chi connectivity index (χ4v) is 16.4. The van der Waals surface area contributed by atoms with Crippen molar-refractivity contribution < 1.29 is 26.1 Å². The molecule has 0 fully saturated rings. The van der Waals surface area contributed by atoms with E-state index in [1.54, 1.807) is 0 Å². The Labute approximate surface area is 316 Å². The van der Waals surface area contributed by atoms with Gasteiger partial charge in [0.1, 0.15) is 0 Å². The maximum Gasteiger partial charge on any atom is 0.606 e. The van der Waals surface area contributed by atoms with Crippen LogP contribution in [0, 0.1) is 0 Å². The zero-order chi connectivity index (χ0) is 39.1. The molecule has 0 rings (SSSR count).